The number of sulfonamides is 1. The number of nitro groups is 1. The summed E-state index contributed by atoms with van der Waals surface area (Å²) in [7, 11) is -3.65. The van der Waals surface area contributed by atoms with E-state index < -0.39 is 14.9 Å². The number of non-ortho nitro benzene ring substituents is 1. The molecule has 0 saturated carbocycles. The second-order valence-electron chi connectivity index (χ2n) is 4.55. The van der Waals surface area contributed by atoms with E-state index in [1.807, 2.05) is 12.2 Å². The fourth-order valence-electron chi connectivity index (χ4n) is 1.99. The zero-order valence-corrected chi connectivity index (χ0v) is 11.5. The first-order valence-corrected chi connectivity index (χ1v) is 7.71. The van der Waals surface area contributed by atoms with Crippen LogP contribution in [0.5, 0.6) is 0 Å². The number of nitrogens with zero attached hydrogens (tertiary/aromatic N) is 1. The number of nitrogens with one attached hydrogen (secondary N) is 1. The van der Waals surface area contributed by atoms with Crippen LogP contribution in [0.15, 0.2) is 41.3 Å². The van der Waals surface area contributed by atoms with Crippen molar-refractivity contribution in [1.29, 1.82) is 0 Å². The molecule has 1 aliphatic rings. The number of hydrogen-bond acceptors (Lipinski definition) is 4. The Kier molecular flexibility index (Phi) is 4.08. The predicted octanol–water partition coefficient (Wildman–Crippen LogP) is 2.23. The Balaban J connectivity index is 1.92. The summed E-state index contributed by atoms with van der Waals surface area (Å²) < 4.78 is 34.0. The van der Waals surface area contributed by atoms with Crippen molar-refractivity contribution in [3.63, 3.8) is 0 Å². The second kappa shape index (κ2) is 6.15. The third kappa shape index (κ3) is 3.64. The molecule has 0 spiro atoms. The van der Waals surface area contributed by atoms with Gasteiger partial charge in [-0.1, -0.05) is 12.2 Å². The number of allylic oxidation sites excluding steroid dienone is 2. The molecule has 0 aromatic heterocycles. The van der Waals surface area contributed by atoms with E-state index in [1.165, 1.54) is 24.3 Å². The van der Waals surface area contributed by atoms with Crippen LogP contribution in [-0.2, 0) is 10.0 Å². The van der Waals surface area contributed by atoms with E-state index in [4.69, 9.17) is 1.37 Å². The lowest BCUT2D eigenvalue weighted by Crippen LogP contribution is -2.25. The van der Waals surface area contributed by atoms with Crippen LogP contribution in [0.1, 0.15) is 20.6 Å². The minimum Gasteiger partial charge on any atom is -0.258 e. The Hall–Kier alpha value is -1.73. The van der Waals surface area contributed by atoms with E-state index in [0.717, 1.165) is 6.42 Å². The molecule has 2 rings (SSSR count). The lowest BCUT2D eigenvalue weighted by molar-refractivity contribution is -0.384. The smallest absolute Gasteiger partial charge is 0.258 e. The van der Waals surface area contributed by atoms with Crippen LogP contribution >= 0.6 is 0 Å². The van der Waals surface area contributed by atoms with Gasteiger partial charge in [0.05, 0.1) is 9.82 Å². The van der Waals surface area contributed by atoms with Gasteiger partial charge in [-0.25, -0.2) is 13.1 Å². The summed E-state index contributed by atoms with van der Waals surface area (Å²) in [6, 6.07) is 4.77. The average Bonchev–Trinajstić information content (AvgIpc) is 2.84. The molecule has 0 aliphatic heterocycles. The monoisotopic (exact) mass is 297 g/mol. The lowest BCUT2D eigenvalue weighted by atomic mass is 10.1. The van der Waals surface area contributed by atoms with Gasteiger partial charge in [0, 0.05) is 20.0 Å². The highest BCUT2D eigenvalue weighted by molar-refractivity contribution is 7.89. The second-order valence-corrected chi connectivity index (χ2v) is 6.32. The van der Waals surface area contributed by atoms with Crippen LogP contribution < -0.4 is 4.72 Å². The van der Waals surface area contributed by atoms with Crippen molar-refractivity contribution in [3.8, 4) is 0 Å². The van der Waals surface area contributed by atoms with Gasteiger partial charge < -0.3 is 0 Å². The van der Waals surface area contributed by atoms with Gasteiger partial charge in [-0.3, -0.25) is 10.1 Å². The quantitative estimate of drug-likeness (QED) is 0.495. The van der Waals surface area contributed by atoms with E-state index in [1.54, 1.807) is 0 Å². The van der Waals surface area contributed by atoms with Gasteiger partial charge in [0.25, 0.3) is 5.69 Å². The molecule has 0 radical (unpaired) electrons. The van der Waals surface area contributed by atoms with Crippen LogP contribution in [0.2, 0.25) is 0 Å². The third-order valence-electron chi connectivity index (χ3n) is 3.12. The molecular weight excluding hydrogens is 280 g/mol. The maximum atomic E-state index is 12.0. The van der Waals surface area contributed by atoms with Crippen LogP contribution in [0.4, 0.5) is 5.69 Å². The van der Waals surface area contributed by atoms with Crippen molar-refractivity contribution >= 4 is 15.7 Å². The first-order chi connectivity index (χ1) is 9.88. The number of rotatable bonds is 6. The molecule has 0 heterocycles. The van der Waals surface area contributed by atoms with Crippen molar-refractivity contribution in [2.75, 3.05) is 6.54 Å². The van der Waals surface area contributed by atoms with Crippen molar-refractivity contribution in [3.05, 3.63) is 46.5 Å². The molecule has 0 amide bonds. The van der Waals surface area contributed by atoms with Gasteiger partial charge in [0.1, 0.15) is 0 Å². The first-order valence-electron chi connectivity index (χ1n) is 6.81. The third-order valence-corrected chi connectivity index (χ3v) is 4.60. The number of benzene rings is 1. The summed E-state index contributed by atoms with van der Waals surface area (Å²) in [6.45, 7) is 0.279. The summed E-state index contributed by atoms with van der Waals surface area (Å²) in [5.41, 5.74) is -0.147. The lowest BCUT2D eigenvalue weighted by Gasteiger charge is -2.09. The van der Waals surface area contributed by atoms with Gasteiger partial charge >= 0.3 is 0 Å². The summed E-state index contributed by atoms with van der Waals surface area (Å²) in [4.78, 5) is 9.96. The Morgan fingerprint density at radius 1 is 1.40 bits per heavy atom. The summed E-state index contributed by atoms with van der Waals surface area (Å²) in [6.07, 6.45) is 4.92. The van der Waals surface area contributed by atoms with Crippen LogP contribution in [0.3, 0.4) is 0 Å². The molecule has 108 valence electrons. The maximum absolute atomic E-state index is 12.0. The Labute approximate surface area is 119 Å². The summed E-state index contributed by atoms with van der Waals surface area (Å²) >= 11 is 0. The molecule has 20 heavy (non-hydrogen) atoms. The van der Waals surface area contributed by atoms with Gasteiger partial charge in [-0.15, -0.1) is 0 Å². The fraction of sp³-hybridized carbons (Fsp3) is 0.385. The van der Waals surface area contributed by atoms with Gasteiger partial charge in [0.2, 0.25) is 10.0 Å². The van der Waals surface area contributed by atoms with Crippen molar-refractivity contribution in [1.82, 2.24) is 4.72 Å². The summed E-state index contributed by atoms with van der Waals surface area (Å²) in [5, 5.41) is 10.5. The molecule has 0 fully saturated rings. The van der Waals surface area contributed by atoms with Crippen molar-refractivity contribution in [2.24, 2.45) is 5.92 Å². The van der Waals surface area contributed by atoms with Crippen LogP contribution in [0.25, 0.3) is 0 Å². The van der Waals surface area contributed by atoms with Crippen LogP contribution in [0, 0.1) is 16.0 Å². The molecule has 1 N–H and O–H groups in total. The minimum atomic E-state index is -3.65. The standard InChI is InChI=1S/C13H16N2O4S/c16-15(17)12-5-7-13(8-6-12)20(18,19)14-10-9-11-3-1-2-4-11/h1,3,5-8,11,14H,2,4,9-10H2/t11-/m1/s1/i2D/t2-,11-. The zero-order valence-electron chi connectivity index (χ0n) is 11.7. The highest BCUT2D eigenvalue weighted by atomic mass is 32.2. The molecule has 0 unspecified atom stereocenters. The van der Waals surface area contributed by atoms with E-state index in [0.29, 0.717) is 6.42 Å². The van der Waals surface area contributed by atoms with E-state index in [2.05, 4.69) is 4.72 Å². The molecular formula is C13H16N2O4S. The molecule has 0 bridgehead atoms. The van der Waals surface area contributed by atoms with Gasteiger partial charge in [-0.05, 0) is 37.3 Å². The number of hydrogen-bond donors (Lipinski definition) is 1. The van der Waals surface area contributed by atoms with Crippen LogP contribution in [-0.4, -0.2) is 19.9 Å². The first kappa shape index (κ1) is 13.3. The largest absolute Gasteiger partial charge is 0.269 e. The van der Waals surface area contributed by atoms with Gasteiger partial charge in [-0.2, -0.15) is 0 Å². The predicted molar refractivity (Wildman–Crippen MR) is 74.8 cm³/mol. The van der Waals surface area contributed by atoms with E-state index in [9.17, 15) is 18.5 Å². The summed E-state index contributed by atoms with van der Waals surface area (Å²) in [5.74, 6) is 0.229. The highest BCUT2D eigenvalue weighted by Crippen LogP contribution is 2.20. The molecule has 1 aromatic carbocycles. The molecule has 0 saturated heterocycles. The van der Waals surface area contributed by atoms with Crippen molar-refractivity contribution < 1.29 is 14.7 Å². The van der Waals surface area contributed by atoms with E-state index >= 15 is 0 Å². The Morgan fingerprint density at radius 3 is 2.65 bits per heavy atom. The minimum absolute atomic E-state index is 0.00781. The molecule has 1 aliphatic carbocycles. The SMILES string of the molecule is [2H][C@@H]1C=C[C@@H](CCNS(=O)(=O)c2ccc([N+](=O)[O-])cc2)C1. The maximum Gasteiger partial charge on any atom is 0.269 e. The van der Waals surface area contributed by atoms with Crippen molar-refractivity contribution in [2.45, 2.75) is 24.1 Å². The molecule has 6 nitrogen and oxygen atoms in total. The Morgan fingerprint density at radius 2 is 2.10 bits per heavy atom. The molecule has 2 atom stereocenters. The average molecular weight is 297 g/mol. The highest BCUT2D eigenvalue weighted by Gasteiger charge is 2.16. The topological polar surface area (TPSA) is 89.3 Å². The molecule has 7 heteroatoms. The van der Waals surface area contributed by atoms with E-state index in [-0.39, 0.29) is 29.4 Å². The van der Waals surface area contributed by atoms with Gasteiger partial charge in [0.15, 0.2) is 0 Å². The Bertz CT molecular complexity index is 643. The fourth-order valence-corrected chi connectivity index (χ4v) is 3.04. The molecule has 1 aromatic rings. The number of nitro benzene ring substituents is 1. The normalized spacial score (nSPS) is 22.7. The zero-order chi connectivity index (χ0) is 15.5.